The molecule has 0 atom stereocenters. The Morgan fingerprint density at radius 2 is 1.31 bits per heavy atom. The molecule has 0 aliphatic heterocycles. The Kier molecular flexibility index (Phi) is 19.7. The van der Waals surface area contributed by atoms with Crippen LogP contribution >= 0.6 is 0 Å². The number of nitrogens with zero attached hydrogens (tertiary/aromatic N) is 1. The summed E-state index contributed by atoms with van der Waals surface area (Å²) in [7, 11) is 2.02. The zero-order chi connectivity index (χ0) is 11.4. The van der Waals surface area contributed by atoms with Gasteiger partial charge in [0.1, 0.15) is 0 Å². The van der Waals surface area contributed by atoms with Crippen LogP contribution in [0.1, 0.15) is 55.4 Å². The zero-order valence-corrected chi connectivity index (χ0v) is 11.0. The molecule has 1 N–H and O–H groups in total. The van der Waals surface area contributed by atoms with Crippen LogP contribution in [0.25, 0.3) is 0 Å². The third-order valence-corrected chi connectivity index (χ3v) is 1.12. The number of hydrogen-bond donors (Lipinski definition) is 1. The highest BCUT2D eigenvalue weighted by Gasteiger charge is 1.99. The summed E-state index contributed by atoms with van der Waals surface area (Å²) in [6.07, 6.45) is 0. The van der Waals surface area contributed by atoms with E-state index < -0.39 is 0 Å². The molecule has 2 heteroatoms. The van der Waals surface area contributed by atoms with Gasteiger partial charge in [0.15, 0.2) is 12.8 Å². The minimum Gasteiger partial charge on any atom is -0.196 e. The van der Waals surface area contributed by atoms with Gasteiger partial charge in [-0.3, -0.25) is 0 Å². The summed E-state index contributed by atoms with van der Waals surface area (Å²) in [4.78, 5) is 0. The Balaban J connectivity index is -0.000000218. The lowest BCUT2D eigenvalue weighted by Gasteiger charge is -2.04. The minimum absolute atomic E-state index is 0.518. The van der Waals surface area contributed by atoms with E-state index in [1.165, 1.54) is 5.71 Å². The molecule has 0 saturated carbocycles. The maximum absolute atomic E-state index is 3.24. The Morgan fingerprint density at radius 3 is 1.38 bits per heavy atom. The van der Waals surface area contributed by atoms with Crippen molar-refractivity contribution in [3.8, 4) is 0 Å². The fourth-order valence-corrected chi connectivity index (χ4v) is 0.516. The predicted molar refractivity (Wildman–Crippen MR) is 63.5 cm³/mol. The maximum atomic E-state index is 3.24. The fourth-order valence-electron chi connectivity index (χ4n) is 0.516. The van der Waals surface area contributed by atoms with Gasteiger partial charge < -0.3 is 0 Å². The van der Waals surface area contributed by atoms with Crippen molar-refractivity contribution in [2.24, 2.45) is 0 Å². The quantitative estimate of drug-likeness (QED) is 0.401. The fraction of sp³-hybridized carbons (Fsp3) is 0.909. The lowest BCUT2D eigenvalue weighted by atomic mass is 10.4. The van der Waals surface area contributed by atoms with Crippen LogP contribution in [0.15, 0.2) is 0 Å². The molecule has 13 heavy (non-hydrogen) atoms. The highest BCUT2D eigenvalue weighted by molar-refractivity contribution is 5.73. The second-order valence-electron chi connectivity index (χ2n) is 2.79. The third-order valence-electron chi connectivity index (χ3n) is 1.12. The van der Waals surface area contributed by atoms with E-state index in [0.717, 1.165) is 0 Å². The number of nitrogens with one attached hydrogen (secondary N) is 1. The maximum Gasteiger partial charge on any atom is 0.175 e. The Labute approximate surface area is 85.0 Å². The average molecular weight is 189 g/mol. The highest BCUT2D eigenvalue weighted by Crippen LogP contribution is 1.76. The molecule has 0 radical (unpaired) electrons. The van der Waals surface area contributed by atoms with E-state index in [2.05, 4.69) is 33.1 Å². The van der Waals surface area contributed by atoms with Gasteiger partial charge in [0, 0.05) is 13.8 Å². The molecular formula is C11H29N2+. The SMILES string of the molecule is CC.CC.CC(C)=[N+](C)NC(C)C. The molecule has 2 nitrogen and oxygen atoms in total. The normalized spacial score (nSPS) is 7.54. The van der Waals surface area contributed by atoms with Crippen LogP contribution in [0.4, 0.5) is 0 Å². The predicted octanol–water partition coefficient (Wildman–Crippen LogP) is 3.07. The van der Waals surface area contributed by atoms with Crippen molar-refractivity contribution >= 4 is 5.71 Å². The third kappa shape index (κ3) is 18.4. The van der Waals surface area contributed by atoms with Gasteiger partial charge in [-0.05, 0) is 13.8 Å². The van der Waals surface area contributed by atoms with Gasteiger partial charge >= 0.3 is 0 Å². The Hall–Kier alpha value is -0.530. The Bertz CT molecular complexity index is 111. The molecule has 0 aromatic carbocycles. The van der Waals surface area contributed by atoms with Gasteiger partial charge in [-0.2, -0.15) is 5.43 Å². The first-order chi connectivity index (χ1) is 6.04. The van der Waals surface area contributed by atoms with Gasteiger partial charge in [-0.25, -0.2) is 0 Å². The average Bonchev–Trinajstić information content (AvgIpc) is 2.10. The topological polar surface area (TPSA) is 15.0 Å². The summed E-state index contributed by atoms with van der Waals surface area (Å²) in [6, 6.07) is 0.518. The van der Waals surface area contributed by atoms with Crippen LogP contribution in [0.3, 0.4) is 0 Å². The molecule has 0 amide bonds. The summed E-state index contributed by atoms with van der Waals surface area (Å²) in [6.45, 7) is 16.4. The lowest BCUT2D eigenvalue weighted by molar-refractivity contribution is -0.566. The number of rotatable bonds is 2. The number of hydrogen-bond acceptors (Lipinski definition) is 1. The summed E-state index contributed by atoms with van der Waals surface area (Å²) in [5, 5.41) is 0. The second kappa shape index (κ2) is 14.0. The molecular weight excluding hydrogens is 160 g/mol. The molecule has 0 aliphatic carbocycles. The Morgan fingerprint density at radius 1 is 1.00 bits per heavy atom. The van der Waals surface area contributed by atoms with E-state index in [-0.39, 0.29) is 0 Å². The molecule has 0 spiro atoms. The minimum atomic E-state index is 0.518. The van der Waals surface area contributed by atoms with Crippen molar-refractivity contribution in [2.75, 3.05) is 7.05 Å². The number of hydrazone groups is 1. The molecule has 0 fully saturated rings. The van der Waals surface area contributed by atoms with Gasteiger partial charge in [0.25, 0.3) is 0 Å². The largest absolute Gasteiger partial charge is 0.196 e. The van der Waals surface area contributed by atoms with Crippen LogP contribution in [0, 0.1) is 0 Å². The summed E-state index contributed by atoms with van der Waals surface area (Å²) in [5.74, 6) is 0. The van der Waals surface area contributed by atoms with Gasteiger partial charge in [-0.1, -0.05) is 27.7 Å². The van der Waals surface area contributed by atoms with Gasteiger partial charge in [0.2, 0.25) is 0 Å². The highest BCUT2D eigenvalue weighted by atomic mass is 15.4. The van der Waals surface area contributed by atoms with Crippen LogP contribution in [0.2, 0.25) is 0 Å². The first-order valence-corrected chi connectivity index (χ1v) is 5.34. The van der Waals surface area contributed by atoms with E-state index in [0.29, 0.717) is 6.04 Å². The van der Waals surface area contributed by atoms with Gasteiger partial charge in [0.05, 0.1) is 6.04 Å². The summed E-state index contributed by atoms with van der Waals surface area (Å²) in [5.41, 5.74) is 4.52. The van der Waals surface area contributed by atoms with Crippen molar-refractivity contribution in [1.82, 2.24) is 5.43 Å². The smallest absolute Gasteiger partial charge is 0.175 e. The second-order valence-corrected chi connectivity index (χ2v) is 2.79. The van der Waals surface area contributed by atoms with E-state index >= 15 is 0 Å². The van der Waals surface area contributed by atoms with Crippen LogP contribution in [0.5, 0.6) is 0 Å². The molecule has 0 rings (SSSR count). The van der Waals surface area contributed by atoms with Crippen molar-refractivity contribution < 1.29 is 4.68 Å². The summed E-state index contributed by atoms with van der Waals surface area (Å²) < 4.78 is 2.03. The van der Waals surface area contributed by atoms with E-state index in [1.54, 1.807) is 0 Å². The van der Waals surface area contributed by atoms with Crippen molar-refractivity contribution in [3.05, 3.63) is 0 Å². The molecule has 0 aromatic heterocycles. The van der Waals surface area contributed by atoms with Gasteiger partial charge in [-0.15, -0.1) is 4.68 Å². The van der Waals surface area contributed by atoms with Crippen LogP contribution < -0.4 is 5.43 Å². The molecule has 0 heterocycles. The molecule has 0 aromatic rings. The van der Waals surface area contributed by atoms with Crippen molar-refractivity contribution in [2.45, 2.75) is 61.4 Å². The van der Waals surface area contributed by atoms with Crippen molar-refractivity contribution in [3.63, 3.8) is 0 Å². The molecule has 0 aliphatic rings. The standard InChI is InChI=1S/C7H17N2.2C2H6/c1-6(2)8-9(5)7(3)4;2*1-2/h6,8H,1-5H3;2*1-2H3/q+1;;. The van der Waals surface area contributed by atoms with E-state index in [1.807, 2.05) is 39.4 Å². The van der Waals surface area contributed by atoms with E-state index in [9.17, 15) is 0 Å². The van der Waals surface area contributed by atoms with Crippen LogP contribution in [-0.4, -0.2) is 23.5 Å². The van der Waals surface area contributed by atoms with E-state index in [4.69, 9.17) is 0 Å². The molecule has 0 saturated heterocycles. The first-order valence-electron chi connectivity index (χ1n) is 5.34. The lowest BCUT2D eigenvalue weighted by Crippen LogP contribution is -2.34. The molecule has 0 unspecified atom stereocenters. The summed E-state index contributed by atoms with van der Waals surface area (Å²) >= 11 is 0. The van der Waals surface area contributed by atoms with Crippen LogP contribution in [-0.2, 0) is 0 Å². The molecule has 82 valence electrons. The molecule has 0 bridgehead atoms. The first kappa shape index (κ1) is 18.3. The number of hydrazine groups is 1. The zero-order valence-electron chi connectivity index (χ0n) is 11.0. The monoisotopic (exact) mass is 189 g/mol. The van der Waals surface area contributed by atoms with Crippen molar-refractivity contribution in [1.29, 1.82) is 0 Å².